The van der Waals surface area contributed by atoms with E-state index in [2.05, 4.69) is 0 Å². The third-order valence-corrected chi connectivity index (χ3v) is 3.64. The molecule has 0 atom stereocenters. The summed E-state index contributed by atoms with van der Waals surface area (Å²) in [5.41, 5.74) is 0.870. The molecule has 3 aromatic rings. The van der Waals surface area contributed by atoms with Gasteiger partial charge < -0.3 is 4.90 Å². The van der Waals surface area contributed by atoms with Gasteiger partial charge in [-0.25, -0.2) is 0 Å². The largest absolute Gasteiger partial charge is 0.345 e. The molecule has 1 amide bonds. The summed E-state index contributed by atoms with van der Waals surface area (Å²) in [7, 11) is 3.36. The number of aldehydes is 1. The van der Waals surface area contributed by atoms with Crippen molar-refractivity contribution in [2.45, 2.75) is 0 Å². The van der Waals surface area contributed by atoms with Crippen LogP contribution in [0.3, 0.4) is 0 Å². The van der Waals surface area contributed by atoms with Crippen LogP contribution < -0.4 is 0 Å². The fourth-order valence-corrected chi connectivity index (χ4v) is 2.53. The third-order valence-electron chi connectivity index (χ3n) is 3.64. The van der Waals surface area contributed by atoms with Crippen molar-refractivity contribution in [3.05, 3.63) is 59.7 Å². The predicted octanol–water partition coefficient (Wildman–Crippen LogP) is 3.51. The fraction of sp³-hybridized carbons (Fsp3) is 0.111. The maximum atomic E-state index is 12.2. The maximum Gasteiger partial charge on any atom is 0.254 e. The molecular weight excluding hydrogens is 262 g/mol. The topological polar surface area (TPSA) is 37.4 Å². The molecule has 0 aliphatic rings. The van der Waals surface area contributed by atoms with E-state index < -0.39 is 0 Å². The van der Waals surface area contributed by atoms with E-state index in [1.807, 2.05) is 36.4 Å². The first-order chi connectivity index (χ1) is 10.1. The lowest BCUT2D eigenvalue weighted by Crippen LogP contribution is -2.23. The molecule has 0 bridgehead atoms. The SMILES string of the molecule is CN(C)C(=O)c1cc2cc3ccccc3cc2cc1C=O. The van der Waals surface area contributed by atoms with Crippen molar-refractivity contribution in [1.29, 1.82) is 0 Å². The summed E-state index contributed by atoms with van der Waals surface area (Å²) < 4.78 is 0. The second kappa shape index (κ2) is 5.02. The fourth-order valence-electron chi connectivity index (χ4n) is 2.53. The molecule has 0 aliphatic carbocycles. The summed E-state index contributed by atoms with van der Waals surface area (Å²) in [6.07, 6.45) is 0.741. The van der Waals surface area contributed by atoms with E-state index in [9.17, 15) is 9.59 Å². The number of fused-ring (bicyclic) bond motifs is 2. The zero-order chi connectivity index (χ0) is 15.0. The Morgan fingerprint density at radius 3 is 2.00 bits per heavy atom. The van der Waals surface area contributed by atoms with E-state index in [0.29, 0.717) is 11.1 Å². The molecule has 0 unspecified atom stereocenters. The highest BCUT2D eigenvalue weighted by Crippen LogP contribution is 2.25. The van der Waals surface area contributed by atoms with Crippen LogP contribution in [0.2, 0.25) is 0 Å². The maximum absolute atomic E-state index is 12.2. The Morgan fingerprint density at radius 2 is 1.48 bits per heavy atom. The van der Waals surface area contributed by atoms with Gasteiger partial charge in [-0.3, -0.25) is 9.59 Å². The van der Waals surface area contributed by atoms with Gasteiger partial charge in [0.1, 0.15) is 0 Å². The smallest absolute Gasteiger partial charge is 0.254 e. The molecule has 104 valence electrons. The minimum absolute atomic E-state index is 0.160. The zero-order valence-electron chi connectivity index (χ0n) is 12.0. The highest BCUT2D eigenvalue weighted by atomic mass is 16.2. The van der Waals surface area contributed by atoms with Crippen molar-refractivity contribution in [2.75, 3.05) is 14.1 Å². The predicted molar refractivity (Wildman–Crippen MR) is 84.9 cm³/mol. The van der Waals surface area contributed by atoms with Crippen molar-refractivity contribution >= 4 is 33.7 Å². The molecule has 0 radical (unpaired) electrons. The van der Waals surface area contributed by atoms with Crippen molar-refractivity contribution < 1.29 is 9.59 Å². The Morgan fingerprint density at radius 1 is 0.905 bits per heavy atom. The molecule has 0 spiro atoms. The molecule has 0 aliphatic heterocycles. The second-order valence-corrected chi connectivity index (χ2v) is 5.30. The van der Waals surface area contributed by atoms with Crippen molar-refractivity contribution in [1.82, 2.24) is 4.90 Å². The minimum atomic E-state index is -0.160. The lowest BCUT2D eigenvalue weighted by Gasteiger charge is -2.13. The molecule has 3 heteroatoms. The van der Waals surface area contributed by atoms with Gasteiger partial charge in [-0.1, -0.05) is 24.3 Å². The van der Waals surface area contributed by atoms with Crippen LogP contribution in [0.25, 0.3) is 21.5 Å². The number of amides is 1. The van der Waals surface area contributed by atoms with Crippen LogP contribution in [0.4, 0.5) is 0 Å². The van der Waals surface area contributed by atoms with Crippen molar-refractivity contribution in [2.24, 2.45) is 0 Å². The van der Waals surface area contributed by atoms with Gasteiger partial charge in [-0.15, -0.1) is 0 Å². The summed E-state index contributed by atoms with van der Waals surface area (Å²) in [4.78, 5) is 25.0. The van der Waals surface area contributed by atoms with Gasteiger partial charge in [0.2, 0.25) is 0 Å². The van der Waals surface area contributed by atoms with Crippen LogP contribution in [-0.2, 0) is 0 Å². The number of carbonyl (C=O) groups is 2. The van der Waals surface area contributed by atoms with E-state index in [0.717, 1.165) is 27.8 Å². The third kappa shape index (κ3) is 2.27. The number of hydrogen-bond donors (Lipinski definition) is 0. The van der Waals surface area contributed by atoms with Gasteiger partial charge in [-0.05, 0) is 45.8 Å². The second-order valence-electron chi connectivity index (χ2n) is 5.30. The molecule has 3 nitrogen and oxygen atoms in total. The lowest BCUT2D eigenvalue weighted by atomic mass is 9.98. The molecule has 21 heavy (non-hydrogen) atoms. The van der Waals surface area contributed by atoms with E-state index in [1.54, 1.807) is 26.2 Å². The molecule has 0 saturated heterocycles. The van der Waals surface area contributed by atoms with Crippen LogP contribution in [0.5, 0.6) is 0 Å². The number of carbonyl (C=O) groups excluding carboxylic acids is 2. The highest BCUT2D eigenvalue weighted by molar-refractivity contribution is 6.08. The molecule has 0 N–H and O–H groups in total. The van der Waals surface area contributed by atoms with E-state index in [-0.39, 0.29) is 5.91 Å². The monoisotopic (exact) mass is 277 g/mol. The first-order valence-electron chi connectivity index (χ1n) is 6.73. The van der Waals surface area contributed by atoms with Gasteiger partial charge >= 0.3 is 0 Å². The summed E-state index contributed by atoms with van der Waals surface area (Å²) in [5, 5.41) is 4.16. The summed E-state index contributed by atoms with van der Waals surface area (Å²) in [6.45, 7) is 0. The van der Waals surface area contributed by atoms with Gasteiger partial charge in [0.15, 0.2) is 6.29 Å². The van der Waals surface area contributed by atoms with Crippen LogP contribution in [0, 0.1) is 0 Å². The summed E-state index contributed by atoms with van der Waals surface area (Å²) >= 11 is 0. The normalized spacial score (nSPS) is 10.8. The average Bonchev–Trinajstić information content (AvgIpc) is 2.50. The number of benzene rings is 3. The van der Waals surface area contributed by atoms with Crippen molar-refractivity contribution in [3.8, 4) is 0 Å². The van der Waals surface area contributed by atoms with Crippen LogP contribution in [0.1, 0.15) is 20.7 Å². The molecule has 0 saturated carbocycles. The first kappa shape index (κ1) is 13.3. The summed E-state index contributed by atoms with van der Waals surface area (Å²) in [5.74, 6) is -0.160. The summed E-state index contributed by atoms with van der Waals surface area (Å²) in [6, 6.07) is 15.7. The Balaban J connectivity index is 2.32. The molecule has 0 fully saturated rings. The molecular formula is C18H15NO2. The molecule has 0 aromatic heterocycles. The van der Waals surface area contributed by atoms with Gasteiger partial charge in [0, 0.05) is 19.7 Å². The van der Waals surface area contributed by atoms with Gasteiger partial charge in [0.05, 0.1) is 5.56 Å². The Labute approximate surface area is 122 Å². The average molecular weight is 277 g/mol. The first-order valence-corrected chi connectivity index (χ1v) is 6.73. The molecule has 0 heterocycles. The standard InChI is InChI=1S/C18H15NO2/c1-19(2)18(21)17-10-15-8-13-6-4-3-5-12(13)7-14(15)9-16(17)11-20/h3-11H,1-2H3. The van der Waals surface area contributed by atoms with Crippen molar-refractivity contribution in [3.63, 3.8) is 0 Å². The Kier molecular flexibility index (Phi) is 3.18. The van der Waals surface area contributed by atoms with Crippen LogP contribution >= 0.6 is 0 Å². The molecule has 3 rings (SSSR count). The zero-order valence-corrected chi connectivity index (χ0v) is 12.0. The van der Waals surface area contributed by atoms with Crippen LogP contribution in [-0.4, -0.2) is 31.2 Å². The number of hydrogen-bond acceptors (Lipinski definition) is 2. The molecule has 3 aromatic carbocycles. The van der Waals surface area contributed by atoms with E-state index in [4.69, 9.17) is 0 Å². The number of nitrogens with zero attached hydrogens (tertiary/aromatic N) is 1. The van der Waals surface area contributed by atoms with Crippen LogP contribution in [0.15, 0.2) is 48.5 Å². The highest BCUT2D eigenvalue weighted by Gasteiger charge is 2.14. The minimum Gasteiger partial charge on any atom is -0.345 e. The van der Waals surface area contributed by atoms with Gasteiger partial charge in [-0.2, -0.15) is 0 Å². The Bertz CT molecular complexity index is 866. The quantitative estimate of drug-likeness (QED) is 0.531. The lowest BCUT2D eigenvalue weighted by molar-refractivity contribution is 0.0824. The Hall–Kier alpha value is -2.68. The van der Waals surface area contributed by atoms with E-state index >= 15 is 0 Å². The number of rotatable bonds is 2. The van der Waals surface area contributed by atoms with E-state index in [1.165, 1.54) is 4.90 Å². The van der Waals surface area contributed by atoms with Gasteiger partial charge in [0.25, 0.3) is 5.91 Å².